The fraction of sp³-hybridized carbons (Fsp3) is 0.800. The highest BCUT2D eigenvalue weighted by molar-refractivity contribution is 5.87. The minimum Gasteiger partial charge on any atom is -0.347 e. The molecule has 0 aliphatic heterocycles. The Morgan fingerprint density at radius 1 is 1.06 bits per heavy atom. The first-order valence-corrected chi connectivity index (χ1v) is 7.21. The van der Waals surface area contributed by atoms with E-state index in [4.69, 9.17) is 0 Å². The molecule has 2 aliphatic rings. The monoisotopic (exact) mass is 235 g/mol. The van der Waals surface area contributed by atoms with E-state index in [1.54, 1.807) is 0 Å². The van der Waals surface area contributed by atoms with E-state index < -0.39 is 0 Å². The van der Waals surface area contributed by atoms with Crippen LogP contribution in [0.3, 0.4) is 0 Å². The Balaban J connectivity index is 2.09. The second-order valence-corrected chi connectivity index (χ2v) is 5.75. The van der Waals surface area contributed by atoms with Crippen LogP contribution in [0.1, 0.15) is 64.2 Å². The van der Waals surface area contributed by atoms with Crippen molar-refractivity contribution in [3.63, 3.8) is 0 Å². The molecule has 96 valence electrons. The average molecular weight is 235 g/mol. The first kappa shape index (κ1) is 12.7. The van der Waals surface area contributed by atoms with Crippen molar-refractivity contribution in [2.24, 2.45) is 5.92 Å². The van der Waals surface area contributed by atoms with Gasteiger partial charge in [-0.15, -0.1) is 0 Å². The summed E-state index contributed by atoms with van der Waals surface area (Å²) >= 11 is 0. The maximum atomic E-state index is 11.7. The predicted octanol–water partition coefficient (Wildman–Crippen LogP) is 3.57. The third-order valence-electron chi connectivity index (χ3n) is 4.69. The van der Waals surface area contributed by atoms with Gasteiger partial charge in [-0.1, -0.05) is 45.1 Å². The zero-order chi connectivity index (χ0) is 12.1. The van der Waals surface area contributed by atoms with E-state index in [0.717, 1.165) is 0 Å². The molecule has 1 amide bonds. The molecule has 2 saturated carbocycles. The molecule has 1 N–H and O–H groups in total. The largest absolute Gasteiger partial charge is 0.347 e. The number of rotatable bonds is 3. The number of carbonyl (C=O) groups is 1. The average Bonchev–Trinajstić information content (AvgIpc) is 2.40. The van der Waals surface area contributed by atoms with E-state index in [2.05, 4.69) is 11.9 Å². The Bertz CT molecular complexity index is 273. The third-order valence-corrected chi connectivity index (χ3v) is 4.69. The summed E-state index contributed by atoms with van der Waals surface area (Å²) in [5.74, 6) is 0.734. The van der Waals surface area contributed by atoms with Gasteiger partial charge in [-0.25, -0.2) is 0 Å². The molecule has 0 bridgehead atoms. The van der Waals surface area contributed by atoms with Crippen molar-refractivity contribution >= 4 is 5.91 Å². The van der Waals surface area contributed by atoms with Crippen molar-refractivity contribution < 1.29 is 4.79 Å². The third kappa shape index (κ3) is 2.91. The van der Waals surface area contributed by atoms with Gasteiger partial charge in [-0.05, 0) is 37.7 Å². The molecule has 0 aromatic carbocycles. The van der Waals surface area contributed by atoms with E-state index in [1.807, 2.05) is 0 Å². The lowest BCUT2D eigenvalue weighted by molar-refractivity contribution is -0.119. The summed E-state index contributed by atoms with van der Waals surface area (Å²) in [7, 11) is 0. The second kappa shape index (κ2) is 5.70. The van der Waals surface area contributed by atoms with Crippen LogP contribution in [0, 0.1) is 5.92 Å². The Morgan fingerprint density at radius 2 is 1.65 bits per heavy atom. The van der Waals surface area contributed by atoms with Crippen LogP contribution in [0.25, 0.3) is 0 Å². The molecule has 2 fully saturated rings. The molecule has 0 unspecified atom stereocenters. The quantitative estimate of drug-likeness (QED) is 0.744. The van der Waals surface area contributed by atoms with Gasteiger partial charge in [0.2, 0.25) is 5.91 Å². The summed E-state index contributed by atoms with van der Waals surface area (Å²) in [5.41, 5.74) is 0.101. The van der Waals surface area contributed by atoms with Crippen LogP contribution in [0.5, 0.6) is 0 Å². The van der Waals surface area contributed by atoms with Gasteiger partial charge in [0.05, 0.1) is 0 Å². The van der Waals surface area contributed by atoms with Crippen LogP contribution in [-0.4, -0.2) is 11.4 Å². The lowest BCUT2D eigenvalue weighted by Gasteiger charge is -2.45. The Labute approximate surface area is 105 Å². The molecule has 0 aromatic heterocycles. The molecule has 0 saturated heterocycles. The van der Waals surface area contributed by atoms with Crippen LogP contribution in [-0.2, 0) is 4.79 Å². The topological polar surface area (TPSA) is 29.1 Å². The molecule has 17 heavy (non-hydrogen) atoms. The summed E-state index contributed by atoms with van der Waals surface area (Å²) in [6.07, 6.45) is 14.3. The van der Waals surface area contributed by atoms with Crippen LogP contribution in [0.4, 0.5) is 0 Å². The summed E-state index contributed by atoms with van der Waals surface area (Å²) in [6.45, 7) is 3.59. The van der Waals surface area contributed by atoms with E-state index in [9.17, 15) is 4.79 Å². The molecule has 0 aromatic rings. The summed E-state index contributed by atoms with van der Waals surface area (Å²) < 4.78 is 0. The molecule has 2 heteroatoms. The molecule has 2 rings (SSSR count). The highest BCUT2D eigenvalue weighted by Crippen LogP contribution is 2.41. The Morgan fingerprint density at radius 3 is 2.24 bits per heavy atom. The first-order valence-electron chi connectivity index (χ1n) is 7.21. The molecule has 0 spiro atoms. The Hall–Kier alpha value is -0.790. The molecule has 0 atom stereocenters. The van der Waals surface area contributed by atoms with Gasteiger partial charge in [0.15, 0.2) is 0 Å². The van der Waals surface area contributed by atoms with Gasteiger partial charge in [0, 0.05) is 5.54 Å². The second-order valence-electron chi connectivity index (χ2n) is 5.75. The summed E-state index contributed by atoms with van der Waals surface area (Å²) in [4.78, 5) is 11.7. The molecule has 2 aliphatic carbocycles. The van der Waals surface area contributed by atoms with E-state index in [-0.39, 0.29) is 11.4 Å². The van der Waals surface area contributed by atoms with Crippen molar-refractivity contribution in [1.29, 1.82) is 0 Å². The minimum atomic E-state index is 0.0254. The van der Waals surface area contributed by atoms with Gasteiger partial charge in [-0.3, -0.25) is 4.79 Å². The summed E-state index contributed by atoms with van der Waals surface area (Å²) in [6, 6.07) is 0. The minimum absolute atomic E-state index is 0.0254. The number of nitrogens with one attached hydrogen (secondary N) is 1. The van der Waals surface area contributed by atoms with Crippen molar-refractivity contribution in [1.82, 2.24) is 5.32 Å². The molecular weight excluding hydrogens is 210 g/mol. The predicted molar refractivity (Wildman–Crippen MR) is 70.7 cm³/mol. The number of hydrogen-bond donors (Lipinski definition) is 1. The lowest BCUT2D eigenvalue weighted by atomic mass is 9.67. The maximum absolute atomic E-state index is 11.7. The molecule has 0 heterocycles. The SMILES string of the molecule is C=CC(=O)NC1(C2CCCCC2)CCCCC1. The maximum Gasteiger partial charge on any atom is 0.243 e. The Kier molecular flexibility index (Phi) is 4.25. The highest BCUT2D eigenvalue weighted by atomic mass is 16.1. The van der Waals surface area contributed by atoms with Crippen LogP contribution >= 0.6 is 0 Å². The smallest absolute Gasteiger partial charge is 0.243 e. The van der Waals surface area contributed by atoms with Gasteiger partial charge < -0.3 is 5.32 Å². The lowest BCUT2D eigenvalue weighted by Crippen LogP contribution is -2.55. The van der Waals surface area contributed by atoms with E-state index in [1.165, 1.54) is 70.3 Å². The normalized spacial score (nSPS) is 25.2. The van der Waals surface area contributed by atoms with Crippen molar-refractivity contribution in [2.75, 3.05) is 0 Å². The highest BCUT2D eigenvalue weighted by Gasteiger charge is 2.40. The number of hydrogen-bond acceptors (Lipinski definition) is 1. The van der Waals surface area contributed by atoms with Crippen molar-refractivity contribution in [2.45, 2.75) is 69.7 Å². The van der Waals surface area contributed by atoms with Gasteiger partial charge in [0.1, 0.15) is 0 Å². The fourth-order valence-electron chi connectivity index (χ4n) is 3.77. The standard InChI is InChI=1S/C15H25NO/c1-2-14(17)16-15(11-7-4-8-12-15)13-9-5-3-6-10-13/h2,13H,1,3-12H2,(H,16,17). The van der Waals surface area contributed by atoms with E-state index in [0.29, 0.717) is 5.92 Å². The van der Waals surface area contributed by atoms with Crippen LogP contribution in [0.2, 0.25) is 0 Å². The van der Waals surface area contributed by atoms with E-state index >= 15 is 0 Å². The number of carbonyl (C=O) groups excluding carboxylic acids is 1. The molecule has 2 nitrogen and oxygen atoms in total. The van der Waals surface area contributed by atoms with Crippen molar-refractivity contribution in [3.8, 4) is 0 Å². The van der Waals surface area contributed by atoms with Gasteiger partial charge >= 0.3 is 0 Å². The number of amides is 1. The van der Waals surface area contributed by atoms with Crippen molar-refractivity contribution in [3.05, 3.63) is 12.7 Å². The van der Waals surface area contributed by atoms with Crippen LogP contribution in [0.15, 0.2) is 12.7 Å². The van der Waals surface area contributed by atoms with Gasteiger partial charge in [-0.2, -0.15) is 0 Å². The van der Waals surface area contributed by atoms with Crippen LogP contribution < -0.4 is 5.32 Å². The molecule has 0 radical (unpaired) electrons. The molecular formula is C15H25NO. The zero-order valence-electron chi connectivity index (χ0n) is 10.8. The zero-order valence-corrected chi connectivity index (χ0v) is 10.8. The summed E-state index contributed by atoms with van der Waals surface area (Å²) in [5, 5.41) is 3.29. The van der Waals surface area contributed by atoms with Gasteiger partial charge in [0.25, 0.3) is 0 Å². The first-order chi connectivity index (χ1) is 8.27. The fourth-order valence-corrected chi connectivity index (χ4v) is 3.77.